The molecule has 0 aromatic heterocycles. The Morgan fingerprint density at radius 2 is 2.00 bits per heavy atom. The van der Waals surface area contributed by atoms with Gasteiger partial charge in [0.25, 0.3) is 0 Å². The zero-order valence-corrected chi connectivity index (χ0v) is 13.1. The van der Waals surface area contributed by atoms with Crippen molar-refractivity contribution in [2.45, 2.75) is 39.2 Å². The van der Waals surface area contributed by atoms with E-state index in [1.165, 1.54) is 7.11 Å². The van der Waals surface area contributed by atoms with E-state index >= 15 is 0 Å². The van der Waals surface area contributed by atoms with Gasteiger partial charge in [0, 0.05) is 19.0 Å². The van der Waals surface area contributed by atoms with Crippen LogP contribution in [0.4, 0.5) is 0 Å². The van der Waals surface area contributed by atoms with Crippen LogP contribution < -0.4 is 0 Å². The van der Waals surface area contributed by atoms with Crippen LogP contribution in [-0.2, 0) is 24.2 Å². The summed E-state index contributed by atoms with van der Waals surface area (Å²) in [6.07, 6.45) is 0.905. The largest absolute Gasteiger partial charge is 0.469 e. The Morgan fingerprint density at radius 3 is 2.45 bits per heavy atom. The van der Waals surface area contributed by atoms with Crippen LogP contribution in [0.5, 0.6) is 0 Å². The Labute approximate surface area is 120 Å². The van der Waals surface area contributed by atoms with Crippen LogP contribution in [0.25, 0.3) is 0 Å². The highest BCUT2D eigenvalue weighted by molar-refractivity contribution is 7.91. The monoisotopic (exact) mass is 305 g/mol. The Kier molecular flexibility index (Phi) is 5.98. The van der Waals surface area contributed by atoms with E-state index < -0.39 is 15.8 Å². The molecule has 0 unspecified atom stereocenters. The summed E-state index contributed by atoms with van der Waals surface area (Å²) in [6, 6.07) is -0.309. The van der Waals surface area contributed by atoms with Gasteiger partial charge in [-0.1, -0.05) is 13.8 Å². The number of carbonyl (C=O) groups is 2. The van der Waals surface area contributed by atoms with Crippen LogP contribution in [0.3, 0.4) is 0 Å². The van der Waals surface area contributed by atoms with Gasteiger partial charge in [0.1, 0.15) is 0 Å². The summed E-state index contributed by atoms with van der Waals surface area (Å²) in [5, 5.41) is 0. The SMILES string of the molecule is COC(=O)CCN(C(=O)CC(C)C)[C@@H]1CCS(=O)(=O)C1. The smallest absolute Gasteiger partial charge is 0.307 e. The zero-order valence-electron chi connectivity index (χ0n) is 12.3. The molecule has 0 N–H and O–H groups in total. The molecule has 1 fully saturated rings. The Hall–Kier alpha value is -1.11. The van der Waals surface area contributed by atoms with Crippen molar-refractivity contribution in [2.24, 2.45) is 5.92 Å². The number of ether oxygens (including phenoxy) is 1. The third-order valence-electron chi connectivity index (χ3n) is 3.34. The maximum atomic E-state index is 12.2. The number of nitrogens with zero attached hydrogens (tertiary/aromatic N) is 1. The molecule has 1 aliphatic rings. The fourth-order valence-electron chi connectivity index (χ4n) is 2.31. The summed E-state index contributed by atoms with van der Waals surface area (Å²) in [6.45, 7) is 4.09. The van der Waals surface area contributed by atoms with Crippen molar-refractivity contribution >= 4 is 21.7 Å². The van der Waals surface area contributed by atoms with Crippen LogP contribution in [-0.4, -0.2) is 56.4 Å². The van der Waals surface area contributed by atoms with E-state index in [2.05, 4.69) is 4.74 Å². The minimum Gasteiger partial charge on any atom is -0.469 e. The number of methoxy groups -OCH3 is 1. The first-order valence-corrected chi connectivity index (χ1v) is 8.64. The molecule has 7 heteroatoms. The lowest BCUT2D eigenvalue weighted by Gasteiger charge is -2.28. The predicted molar refractivity (Wildman–Crippen MR) is 74.9 cm³/mol. The number of rotatable bonds is 6. The first kappa shape index (κ1) is 16.9. The fourth-order valence-corrected chi connectivity index (χ4v) is 4.04. The van der Waals surface area contributed by atoms with Crippen molar-refractivity contribution in [2.75, 3.05) is 25.2 Å². The van der Waals surface area contributed by atoms with Gasteiger partial charge in [0.15, 0.2) is 9.84 Å². The lowest BCUT2D eigenvalue weighted by Crippen LogP contribution is -2.42. The fraction of sp³-hybridized carbons (Fsp3) is 0.846. The van der Waals surface area contributed by atoms with Gasteiger partial charge in [-0.3, -0.25) is 9.59 Å². The number of carbonyl (C=O) groups excluding carboxylic acids is 2. The van der Waals surface area contributed by atoms with E-state index in [4.69, 9.17) is 0 Å². The average Bonchev–Trinajstić information content (AvgIpc) is 2.68. The molecule has 20 heavy (non-hydrogen) atoms. The van der Waals surface area contributed by atoms with Crippen molar-refractivity contribution in [1.29, 1.82) is 0 Å². The van der Waals surface area contributed by atoms with Crippen molar-refractivity contribution in [1.82, 2.24) is 4.90 Å². The van der Waals surface area contributed by atoms with E-state index in [0.717, 1.165) is 0 Å². The lowest BCUT2D eigenvalue weighted by atomic mass is 10.1. The van der Waals surface area contributed by atoms with Gasteiger partial charge in [-0.15, -0.1) is 0 Å². The summed E-state index contributed by atoms with van der Waals surface area (Å²) in [5.74, 6) is -0.181. The summed E-state index contributed by atoms with van der Waals surface area (Å²) in [4.78, 5) is 25.0. The van der Waals surface area contributed by atoms with Crippen molar-refractivity contribution in [3.8, 4) is 0 Å². The molecular weight excluding hydrogens is 282 g/mol. The molecule has 0 aromatic carbocycles. The van der Waals surface area contributed by atoms with Crippen molar-refractivity contribution in [3.63, 3.8) is 0 Å². The first-order valence-electron chi connectivity index (χ1n) is 6.82. The van der Waals surface area contributed by atoms with Gasteiger partial charge >= 0.3 is 5.97 Å². The van der Waals surface area contributed by atoms with Crippen LogP contribution >= 0.6 is 0 Å². The lowest BCUT2D eigenvalue weighted by molar-refractivity contribution is -0.142. The van der Waals surface area contributed by atoms with Gasteiger partial charge in [-0.25, -0.2) is 8.42 Å². The Balaban J connectivity index is 2.73. The van der Waals surface area contributed by atoms with E-state index in [1.807, 2.05) is 13.8 Å². The summed E-state index contributed by atoms with van der Waals surface area (Å²) in [7, 11) is -1.76. The summed E-state index contributed by atoms with van der Waals surface area (Å²) < 4.78 is 27.7. The second-order valence-electron chi connectivity index (χ2n) is 5.57. The minimum atomic E-state index is -3.06. The molecule has 116 valence electrons. The van der Waals surface area contributed by atoms with Crippen molar-refractivity contribution in [3.05, 3.63) is 0 Å². The zero-order chi connectivity index (χ0) is 15.3. The molecule has 6 nitrogen and oxygen atoms in total. The van der Waals surface area contributed by atoms with Crippen LogP contribution in [0.2, 0.25) is 0 Å². The number of esters is 1. The molecule has 1 aliphatic heterocycles. The van der Waals surface area contributed by atoms with Gasteiger partial charge in [0.2, 0.25) is 5.91 Å². The molecule has 0 aromatic rings. The minimum absolute atomic E-state index is 0.00198. The summed E-state index contributed by atoms with van der Waals surface area (Å²) >= 11 is 0. The van der Waals surface area contributed by atoms with Crippen LogP contribution in [0, 0.1) is 5.92 Å². The number of hydrogen-bond acceptors (Lipinski definition) is 5. The molecule has 1 heterocycles. The first-order chi connectivity index (χ1) is 9.25. The molecule has 0 aliphatic carbocycles. The normalized spacial score (nSPS) is 20.9. The molecule has 0 saturated carbocycles. The second-order valence-corrected chi connectivity index (χ2v) is 7.80. The highest BCUT2D eigenvalue weighted by atomic mass is 32.2. The molecule has 1 atom stereocenters. The molecule has 1 amide bonds. The third-order valence-corrected chi connectivity index (χ3v) is 5.09. The molecule has 0 spiro atoms. The highest BCUT2D eigenvalue weighted by Crippen LogP contribution is 2.20. The van der Waals surface area contributed by atoms with Crippen LogP contribution in [0.1, 0.15) is 33.1 Å². The molecule has 1 saturated heterocycles. The number of amides is 1. The standard InChI is InChI=1S/C13H23NO5S/c1-10(2)8-12(15)14(6-4-13(16)19-3)11-5-7-20(17,18)9-11/h10-11H,4-9H2,1-3H3/t11-/m1/s1. The van der Waals surface area contributed by atoms with E-state index in [0.29, 0.717) is 12.8 Å². The Morgan fingerprint density at radius 1 is 1.35 bits per heavy atom. The highest BCUT2D eigenvalue weighted by Gasteiger charge is 2.34. The maximum absolute atomic E-state index is 12.2. The van der Waals surface area contributed by atoms with Gasteiger partial charge in [-0.05, 0) is 12.3 Å². The molecular formula is C13H23NO5S. The van der Waals surface area contributed by atoms with Crippen LogP contribution in [0.15, 0.2) is 0 Å². The van der Waals surface area contributed by atoms with Gasteiger partial charge in [0.05, 0.1) is 25.0 Å². The van der Waals surface area contributed by atoms with Gasteiger partial charge in [-0.2, -0.15) is 0 Å². The van der Waals surface area contributed by atoms with E-state index in [-0.39, 0.29) is 42.3 Å². The molecule has 0 bridgehead atoms. The Bertz CT molecular complexity index is 457. The van der Waals surface area contributed by atoms with Gasteiger partial charge < -0.3 is 9.64 Å². The maximum Gasteiger partial charge on any atom is 0.307 e. The second kappa shape index (κ2) is 7.06. The quantitative estimate of drug-likeness (QED) is 0.672. The molecule has 0 radical (unpaired) electrons. The van der Waals surface area contributed by atoms with E-state index in [9.17, 15) is 18.0 Å². The average molecular weight is 305 g/mol. The predicted octanol–water partition coefficient (Wildman–Crippen LogP) is 0.611. The molecule has 1 rings (SSSR count). The summed E-state index contributed by atoms with van der Waals surface area (Å²) in [5.41, 5.74) is 0. The van der Waals surface area contributed by atoms with E-state index in [1.54, 1.807) is 4.90 Å². The van der Waals surface area contributed by atoms with Crippen molar-refractivity contribution < 1.29 is 22.7 Å². The number of hydrogen-bond donors (Lipinski definition) is 0. The topological polar surface area (TPSA) is 80.8 Å². The third kappa shape index (κ3) is 5.11. The number of sulfone groups is 1.